The van der Waals surface area contributed by atoms with Crippen molar-refractivity contribution < 1.29 is 19.4 Å². The van der Waals surface area contributed by atoms with Crippen molar-refractivity contribution in [3.63, 3.8) is 0 Å². The minimum Gasteiger partial charge on any atom is -0.454 e. The minimum atomic E-state index is -0.779. The van der Waals surface area contributed by atoms with Gasteiger partial charge in [-0.3, -0.25) is 0 Å². The van der Waals surface area contributed by atoms with Gasteiger partial charge >= 0.3 is 6.03 Å². The summed E-state index contributed by atoms with van der Waals surface area (Å²) < 4.78 is 10.5. The SMILES string of the molecule is CN(C)c1ccc([C@H](O)CNC(=O)Nc2ccc3c(c2)OCO3)cc1. The molecule has 3 N–H and O–H groups in total. The molecule has 0 saturated carbocycles. The van der Waals surface area contributed by atoms with Crippen LogP contribution in [0.3, 0.4) is 0 Å². The lowest BCUT2D eigenvalue weighted by molar-refractivity contribution is 0.174. The number of aliphatic hydroxyl groups excluding tert-OH is 1. The van der Waals surface area contributed by atoms with Gasteiger partial charge in [-0.15, -0.1) is 0 Å². The normalized spacial score (nSPS) is 13.2. The van der Waals surface area contributed by atoms with Gasteiger partial charge in [0.05, 0.1) is 6.10 Å². The van der Waals surface area contributed by atoms with E-state index in [0.29, 0.717) is 17.2 Å². The third-order valence-electron chi connectivity index (χ3n) is 3.88. The highest BCUT2D eigenvalue weighted by Crippen LogP contribution is 2.34. The molecule has 2 aromatic rings. The Kier molecular flexibility index (Phi) is 4.95. The van der Waals surface area contributed by atoms with Gasteiger partial charge in [0.1, 0.15) is 0 Å². The zero-order valence-electron chi connectivity index (χ0n) is 14.2. The number of anilines is 2. The zero-order valence-corrected chi connectivity index (χ0v) is 14.2. The summed E-state index contributed by atoms with van der Waals surface area (Å²) in [5, 5.41) is 15.6. The highest BCUT2D eigenvalue weighted by molar-refractivity contribution is 5.89. The molecule has 7 heteroatoms. The zero-order chi connectivity index (χ0) is 17.8. The van der Waals surface area contributed by atoms with Crippen LogP contribution in [0.1, 0.15) is 11.7 Å². The molecule has 1 aliphatic rings. The Balaban J connectivity index is 1.51. The van der Waals surface area contributed by atoms with Crippen LogP contribution in [0.5, 0.6) is 11.5 Å². The van der Waals surface area contributed by atoms with Crippen molar-refractivity contribution in [2.75, 3.05) is 37.6 Å². The number of fused-ring (bicyclic) bond motifs is 1. The number of nitrogens with zero attached hydrogens (tertiary/aromatic N) is 1. The molecule has 7 nitrogen and oxygen atoms in total. The Morgan fingerprint density at radius 2 is 1.88 bits per heavy atom. The molecule has 0 radical (unpaired) electrons. The molecule has 0 unspecified atom stereocenters. The Labute approximate surface area is 146 Å². The van der Waals surface area contributed by atoms with Gasteiger partial charge in [0.25, 0.3) is 0 Å². The van der Waals surface area contributed by atoms with E-state index in [4.69, 9.17) is 9.47 Å². The standard InChI is InChI=1S/C18H21N3O4/c1-21(2)14-6-3-12(4-7-14)15(22)10-19-18(23)20-13-5-8-16-17(9-13)25-11-24-16/h3-9,15,22H,10-11H2,1-2H3,(H2,19,20,23)/t15-/m1/s1. The van der Waals surface area contributed by atoms with Crippen molar-refractivity contribution in [1.82, 2.24) is 5.32 Å². The molecule has 0 fully saturated rings. The second kappa shape index (κ2) is 7.31. The first kappa shape index (κ1) is 16.9. The molecule has 1 heterocycles. The van der Waals surface area contributed by atoms with E-state index in [1.807, 2.05) is 43.3 Å². The monoisotopic (exact) mass is 343 g/mol. The fraction of sp³-hybridized carbons (Fsp3) is 0.278. The number of hydrogen-bond acceptors (Lipinski definition) is 5. The number of carbonyl (C=O) groups excluding carboxylic acids is 1. The van der Waals surface area contributed by atoms with E-state index in [1.54, 1.807) is 18.2 Å². The molecule has 0 aromatic heterocycles. The van der Waals surface area contributed by atoms with Gasteiger partial charge in [0, 0.05) is 38.1 Å². The van der Waals surface area contributed by atoms with Crippen molar-refractivity contribution in [2.24, 2.45) is 0 Å². The van der Waals surface area contributed by atoms with Crippen molar-refractivity contribution >= 4 is 17.4 Å². The maximum Gasteiger partial charge on any atom is 0.319 e. The number of hydrogen-bond donors (Lipinski definition) is 3. The van der Waals surface area contributed by atoms with E-state index in [1.165, 1.54) is 0 Å². The van der Waals surface area contributed by atoms with E-state index in [2.05, 4.69) is 10.6 Å². The Morgan fingerprint density at radius 1 is 1.16 bits per heavy atom. The molecule has 3 rings (SSSR count). The average Bonchev–Trinajstić information content (AvgIpc) is 3.07. The van der Waals surface area contributed by atoms with Crippen molar-refractivity contribution in [1.29, 1.82) is 0 Å². The number of amides is 2. The summed E-state index contributed by atoms with van der Waals surface area (Å²) >= 11 is 0. The lowest BCUT2D eigenvalue weighted by atomic mass is 10.1. The first-order valence-corrected chi connectivity index (χ1v) is 7.93. The second-order valence-corrected chi connectivity index (χ2v) is 5.90. The Bertz CT molecular complexity index is 746. The van der Waals surface area contributed by atoms with Crippen LogP contribution < -0.4 is 25.0 Å². The molecule has 2 amide bonds. The van der Waals surface area contributed by atoms with E-state index in [-0.39, 0.29) is 13.3 Å². The van der Waals surface area contributed by atoms with Crippen LogP contribution in [0.4, 0.5) is 16.2 Å². The fourth-order valence-corrected chi connectivity index (χ4v) is 2.45. The van der Waals surface area contributed by atoms with Crippen LogP contribution in [-0.4, -0.2) is 38.6 Å². The van der Waals surface area contributed by atoms with E-state index >= 15 is 0 Å². The summed E-state index contributed by atoms with van der Waals surface area (Å²) in [6.45, 7) is 0.293. The van der Waals surface area contributed by atoms with Crippen LogP contribution in [0.15, 0.2) is 42.5 Å². The van der Waals surface area contributed by atoms with Crippen molar-refractivity contribution in [3.05, 3.63) is 48.0 Å². The van der Waals surface area contributed by atoms with Crippen LogP contribution in [0.2, 0.25) is 0 Å². The van der Waals surface area contributed by atoms with E-state index < -0.39 is 12.1 Å². The van der Waals surface area contributed by atoms with Gasteiger partial charge in [-0.2, -0.15) is 0 Å². The van der Waals surface area contributed by atoms with E-state index in [0.717, 1.165) is 11.3 Å². The molecule has 0 spiro atoms. The third kappa shape index (κ3) is 4.13. The lowest BCUT2D eigenvalue weighted by Crippen LogP contribution is -2.32. The number of urea groups is 1. The molecular formula is C18H21N3O4. The predicted molar refractivity (Wildman–Crippen MR) is 95.3 cm³/mol. The molecule has 0 aliphatic carbocycles. The summed E-state index contributed by atoms with van der Waals surface area (Å²) in [6.07, 6.45) is -0.779. The van der Waals surface area contributed by atoms with Crippen LogP contribution >= 0.6 is 0 Å². The Hall–Kier alpha value is -2.93. The Morgan fingerprint density at radius 3 is 2.60 bits per heavy atom. The fourth-order valence-electron chi connectivity index (χ4n) is 2.45. The smallest absolute Gasteiger partial charge is 0.319 e. The number of aliphatic hydroxyl groups is 1. The summed E-state index contributed by atoms with van der Waals surface area (Å²) in [5.41, 5.74) is 2.38. The maximum atomic E-state index is 12.0. The molecule has 1 atom stereocenters. The molecule has 132 valence electrons. The van der Waals surface area contributed by atoms with Gasteiger partial charge in [-0.05, 0) is 29.8 Å². The van der Waals surface area contributed by atoms with Gasteiger partial charge < -0.3 is 30.1 Å². The summed E-state index contributed by atoms with van der Waals surface area (Å²) in [7, 11) is 3.90. The van der Waals surface area contributed by atoms with Crippen molar-refractivity contribution in [3.8, 4) is 11.5 Å². The van der Waals surface area contributed by atoms with Gasteiger partial charge in [0.2, 0.25) is 6.79 Å². The molecule has 1 aliphatic heterocycles. The summed E-state index contributed by atoms with van der Waals surface area (Å²) in [4.78, 5) is 14.0. The number of benzene rings is 2. The molecule has 25 heavy (non-hydrogen) atoms. The first-order valence-electron chi connectivity index (χ1n) is 7.93. The predicted octanol–water partition coefficient (Wildman–Crippen LogP) is 2.34. The van der Waals surface area contributed by atoms with Crippen molar-refractivity contribution in [2.45, 2.75) is 6.10 Å². The van der Waals surface area contributed by atoms with Crippen LogP contribution in [0, 0.1) is 0 Å². The largest absolute Gasteiger partial charge is 0.454 e. The van der Waals surface area contributed by atoms with E-state index in [9.17, 15) is 9.90 Å². The molecule has 2 aromatic carbocycles. The van der Waals surface area contributed by atoms with Gasteiger partial charge in [-0.1, -0.05) is 12.1 Å². The maximum absolute atomic E-state index is 12.0. The summed E-state index contributed by atoms with van der Waals surface area (Å²) in [5.74, 6) is 1.25. The summed E-state index contributed by atoms with van der Waals surface area (Å²) in [6, 6.07) is 12.3. The highest BCUT2D eigenvalue weighted by Gasteiger charge is 2.15. The number of rotatable bonds is 5. The number of ether oxygens (including phenoxy) is 2. The highest BCUT2D eigenvalue weighted by atomic mass is 16.7. The second-order valence-electron chi connectivity index (χ2n) is 5.90. The van der Waals surface area contributed by atoms with Crippen LogP contribution in [-0.2, 0) is 0 Å². The van der Waals surface area contributed by atoms with Crippen LogP contribution in [0.25, 0.3) is 0 Å². The quantitative estimate of drug-likeness (QED) is 0.776. The number of carbonyl (C=O) groups is 1. The first-order chi connectivity index (χ1) is 12.0. The topological polar surface area (TPSA) is 83.1 Å². The minimum absolute atomic E-state index is 0.109. The third-order valence-corrected chi connectivity index (χ3v) is 3.88. The van der Waals surface area contributed by atoms with Gasteiger partial charge in [0.15, 0.2) is 11.5 Å². The van der Waals surface area contributed by atoms with Gasteiger partial charge in [-0.25, -0.2) is 4.79 Å². The lowest BCUT2D eigenvalue weighted by Gasteiger charge is -2.16. The number of nitrogens with one attached hydrogen (secondary N) is 2. The molecule has 0 bridgehead atoms. The molecular weight excluding hydrogens is 322 g/mol. The average molecular weight is 343 g/mol. The molecule has 0 saturated heterocycles.